The molecule has 0 unspecified atom stereocenters. The lowest BCUT2D eigenvalue weighted by Crippen LogP contribution is -2.47. The van der Waals surface area contributed by atoms with Crippen molar-refractivity contribution in [2.24, 2.45) is 0 Å². The molecule has 1 rings (SSSR count). The van der Waals surface area contributed by atoms with Gasteiger partial charge in [-0.05, 0) is 34.5 Å². The Balaban J connectivity index is 2.54. The molecular weight excluding hydrogens is 317 g/mol. The van der Waals surface area contributed by atoms with Crippen molar-refractivity contribution in [2.75, 3.05) is 11.8 Å². The van der Waals surface area contributed by atoms with Gasteiger partial charge in [-0.15, -0.1) is 34.5 Å². The third-order valence-corrected chi connectivity index (χ3v) is 5.10. The van der Waals surface area contributed by atoms with Gasteiger partial charge >= 0.3 is 0 Å². The van der Waals surface area contributed by atoms with E-state index in [0.29, 0.717) is 11.8 Å². The van der Waals surface area contributed by atoms with E-state index in [0.717, 1.165) is 16.8 Å². The van der Waals surface area contributed by atoms with Crippen molar-refractivity contribution in [3.05, 3.63) is 20.8 Å². The monoisotopic (exact) mass is 329 g/mol. The van der Waals surface area contributed by atoms with Gasteiger partial charge < -0.3 is 5.32 Å². The molecule has 0 amide bonds. The predicted octanol–water partition coefficient (Wildman–Crippen LogP) is 4.23. The van der Waals surface area contributed by atoms with Crippen molar-refractivity contribution >= 4 is 50.5 Å². The Morgan fingerprint density at radius 2 is 2.07 bits per heavy atom. The summed E-state index contributed by atoms with van der Waals surface area (Å²) in [5.41, 5.74) is -0.139. The van der Waals surface area contributed by atoms with Gasteiger partial charge in [0.2, 0.25) is 0 Å². The van der Waals surface area contributed by atoms with E-state index in [1.807, 2.05) is 0 Å². The van der Waals surface area contributed by atoms with Gasteiger partial charge in [-0.3, -0.25) is 0 Å². The normalized spacial score (nSPS) is 12.0. The van der Waals surface area contributed by atoms with Gasteiger partial charge in [0.05, 0.1) is 3.79 Å². The Morgan fingerprint density at radius 1 is 1.40 bits per heavy atom. The second-order valence-electron chi connectivity index (χ2n) is 3.46. The first-order valence-corrected chi connectivity index (χ1v) is 7.45. The quantitative estimate of drug-likeness (QED) is 0.770. The second kappa shape index (κ2) is 6.45. The zero-order chi connectivity index (χ0) is 11.3. The van der Waals surface area contributed by atoms with E-state index in [-0.39, 0.29) is 5.54 Å². The van der Waals surface area contributed by atoms with Crippen molar-refractivity contribution in [1.29, 1.82) is 0 Å². The van der Waals surface area contributed by atoms with Crippen LogP contribution in [0.2, 0.25) is 0 Å². The lowest BCUT2D eigenvalue weighted by Gasteiger charge is -2.29. The summed E-state index contributed by atoms with van der Waals surface area (Å²) in [5.74, 6) is 1.08. The molecule has 1 heterocycles. The maximum absolute atomic E-state index is 5.94. The number of hydrogen-bond acceptors (Lipinski definition) is 2. The highest BCUT2D eigenvalue weighted by atomic mass is 79.9. The van der Waals surface area contributed by atoms with E-state index in [9.17, 15) is 0 Å². The average molecular weight is 331 g/mol. The standard InChI is InChI=1S/C10H14BrCl2NS/c1-2-10(6-12,7-13)14-5-8-3-4-9(11)15-8/h3-4,14H,2,5-7H2,1H3. The fourth-order valence-corrected chi connectivity index (χ4v) is 3.44. The fraction of sp³-hybridized carbons (Fsp3) is 0.600. The van der Waals surface area contributed by atoms with Gasteiger partial charge in [0.25, 0.3) is 0 Å². The van der Waals surface area contributed by atoms with Gasteiger partial charge in [0.1, 0.15) is 0 Å². The third kappa shape index (κ3) is 3.90. The topological polar surface area (TPSA) is 12.0 Å². The van der Waals surface area contributed by atoms with Crippen molar-refractivity contribution in [2.45, 2.75) is 25.4 Å². The third-order valence-electron chi connectivity index (χ3n) is 2.45. The van der Waals surface area contributed by atoms with E-state index in [4.69, 9.17) is 23.2 Å². The molecule has 0 spiro atoms. The Labute approximate surface area is 113 Å². The Bertz CT molecular complexity index is 291. The summed E-state index contributed by atoms with van der Waals surface area (Å²) in [6, 6.07) is 4.15. The highest BCUT2D eigenvalue weighted by molar-refractivity contribution is 9.11. The molecule has 0 bridgehead atoms. The first-order valence-electron chi connectivity index (χ1n) is 4.77. The van der Waals surface area contributed by atoms with Crippen LogP contribution in [-0.2, 0) is 6.54 Å². The number of hydrogen-bond donors (Lipinski definition) is 1. The van der Waals surface area contributed by atoms with Crippen molar-refractivity contribution in [3.63, 3.8) is 0 Å². The lowest BCUT2D eigenvalue weighted by molar-refractivity contribution is 0.386. The van der Waals surface area contributed by atoms with Gasteiger partial charge in [-0.2, -0.15) is 0 Å². The van der Waals surface area contributed by atoms with E-state index in [1.54, 1.807) is 11.3 Å². The predicted molar refractivity (Wildman–Crippen MR) is 73.3 cm³/mol. The number of thiophene rings is 1. The summed E-state index contributed by atoms with van der Waals surface area (Å²) in [6.45, 7) is 2.92. The van der Waals surface area contributed by atoms with Crippen LogP contribution < -0.4 is 5.32 Å². The van der Waals surface area contributed by atoms with Crippen LogP contribution in [0.25, 0.3) is 0 Å². The highest BCUT2D eigenvalue weighted by Gasteiger charge is 2.25. The molecule has 5 heteroatoms. The smallest absolute Gasteiger partial charge is 0.0701 e. The molecule has 1 nitrogen and oxygen atoms in total. The molecule has 0 radical (unpaired) electrons. The van der Waals surface area contributed by atoms with E-state index < -0.39 is 0 Å². The van der Waals surface area contributed by atoms with Crippen LogP contribution in [0.1, 0.15) is 18.2 Å². The summed E-state index contributed by atoms with van der Waals surface area (Å²) in [7, 11) is 0. The molecular formula is C10H14BrCl2NS. The molecule has 15 heavy (non-hydrogen) atoms. The van der Waals surface area contributed by atoms with Crippen molar-refractivity contribution in [1.82, 2.24) is 5.32 Å². The van der Waals surface area contributed by atoms with Crippen LogP contribution in [0, 0.1) is 0 Å². The first-order chi connectivity index (χ1) is 7.15. The molecule has 0 aliphatic heterocycles. The molecule has 0 fully saturated rings. The molecule has 0 aromatic carbocycles. The molecule has 0 saturated carbocycles. The summed E-state index contributed by atoms with van der Waals surface area (Å²) in [4.78, 5) is 1.29. The van der Waals surface area contributed by atoms with Gasteiger partial charge in [0, 0.05) is 28.7 Å². The van der Waals surface area contributed by atoms with Crippen LogP contribution >= 0.6 is 50.5 Å². The molecule has 0 aliphatic rings. The Kier molecular flexibility index (Phi) is 5.93. The minimum atomic E-state index is -0.139. The molecule has 86 valence electrons. The number of alkyl halides is 2. The Morgan fingerprint density at radius 3 is 2.47 bits per heavy atom. The van der Waals surface area contributed by atoms with E-state index in [2.05, 4.69) is 40.3 Å². The van der Waals surface area contributed by atoms with E-state index in [1.165, 1.54) is 4.88 Å². The minimum absolute atomic E-state index is 0.139. The van der Waals surface area contributed by atoms with Crippen LogP contribution in [0.15, 0.2) is 15.9 Å². The maximum atomic E-state index is 5.94. The average Bonchev–Trinajstić information content (AvgIpc) is 2.67. The molecule has 1 aromatic heterocycles. The molecule has 0 aliphatic carbocycles. The molecule has 0 saturated heterocycles. The van der Waals surface area contributed by atoms with Gasteiger partial charge in [-0.25, -0.2) is 0 Å². The van der Waals surface area contributed by atoms with Gasteiger partial charge in [-0.1, -0.05) is 6.92 Å². The number of rotatable bonds is 6. The SMILES string of the molecule is CCC(CCl)(CCl)NCc1ccc(Br)s1. The fourth-order valence-electron chi connectivity index (χ4n) is 1.17. The van der Waals surface area contributed by atoms with Crippen LogP contribution in [0.4, 0.5) is 0 Å². The Hall–Kier alpha value is 0.720. The second-order valence-corrected chi connectivity index (χ2v) is 6.54. The van der Waals surface area contributed by atoms with Crippen LogP contribution in [0.5, 0.6) is 0 Å². The molecule has 1 N–H and O–H groups in total. The summed E-state index contributed by atoms with van der Waals surface area (Å²) < 4.78 is 1.15. The van der Waals surface area contributed by atoms with Gasteiger partial charge in [0.15, 0.2) is 0 Å². The molecule has 1 aromatic rings. The van der Waals surface area contributed by atoms with Crippen molar-refractivity contribution in [3.8, 4) is 0 Å². The minimum Gasteiger partial charge on any atom is -0.304 e. The highest BCUT2D eigenvalue weighted by Crippen LogP contribution is 2.23. The summed E-state index contributed by atoms with van der Waals surface area (Å²) >= 11 is 17.1. The summed E-state index contributed by atoms with van der Waals surface area (Å²) in [5, 5.41) is 3.44. The maximum Gasteiger partial charge on any atom is 0.0701 e. The zero-order valence-electron chi connectivity index (χ0n) is 8.53. The largest absolute Gasteiger partial charge is 0.304 e. The van der Waals surface area contributed by atoms with Crippen LogP contribution in [0.3, 0.4) is 0 Å². The number of nitrogens with one attached hydrogen (secondary N) is 1. The molecule has 0 atom stereocenters. The van der Waals surface area contributed by atoms with Crippen molar-refractivity contribution < 1.29 is 0 Å². The zero-order valence-corrected chi connectivity index (χ0v) is 12.4. The van der Waals surface area contributed by atoms with E-state index >= 15 is 0 Å². The lowest BCUT2D eigenvalue weighted by atomic mass is 10.0. The number of halogens is 3. The summed E-state index contributed by atoms with van der Waals surface area (Å²) in [6.07, 6.45) is 0.937. The first kappa shape index (κ1) is 13.8. The van der Waals surface area contributed by atoms with Crippen LogP contribution in [-0.4, -0.2) is 17.3 Å².